The van der Waals surface area contributed by atoms with Gasteiger partial charge in [-0.3, -0.25) is 0 Å². The van der Waals surface area contributed by atoms with Gasteiger partial charge < -0.3 is 20.6 Å². The van der Waals surface area contributed by atoms with Crippen molar-refractivity contribution in [1.82, 2.24) is 5.32 Å². The van der Waals surface area contributed by atoms with Crippen molar-refractivity contribution >= 4 is 0 Å². The number of β-amino-alcohol motifs (C(OH)–C–C–N with tert-alkyl or cyclic N) is 1. The average molecular weight is 147 g/mol. The van der Waals surface area contributed by atoms with Crippen LogP contribution in [-0.2, 0) is 0 Å². The Balaban J connectivity index is 2.33. The van der Waals surface area contributed by atoms with E-state index in [9.17, 15) is 0 Å². The number of aliphatic hydroxyl groups is 3. The molecule has 10 heavy (non-hydrogen) atoms. The van der Waals surface area contributed by atoms with Crippen LogP contribution in [0.15, 0.2) is 0 Å². The van der Waals surface area contributed by atoms with Crippen LogP contribution in [0.4, 0.5) is 0 Å². The van der Waals surface area contributed by atoms with Crippen LogP contribution in [0, 0.1) is 0 Å². The van der Waals surface area contributed by atoms with Crippen molar-refractivity contribution in [2.24, 2.45) is 0 Å². The number of aliphatic hydroxyl groups excluding tert-OH is 3. The molecule has 0 radical (unpaired) electrons. The Morgan fingerprint density at radius 1 is 1.30 bits per heavy atom. The second kappa shape index (κ2) is 3.30. The fourth-order valence-corrected chi connectivity index (χ4v) is 1.09. The van der Waals surface area contributed by atoms with Crippen LogP contribution < -0.4 is 5.32 Å². The van der Waals surface area contributed by atoms with Gasteiger partial charge in [-0.15, -0.1) is 0 Å². The molecule has 0 aromatic rings. The smallest absolute Gasteiger partial charge is 0.0923 e. The summed E-state index contributed by atoms with van der Waals surface area (Å²) in [6.45, 7) is 0.385. The summed E-state index contributed by atoms with van der Waals surface area (Å²) in [5.41, 5.74) is 0. The Kier molecular flexibility index (Phi) is 2.62. The highest BCUT2D eigenvalue weighted by Crippen LogP contribution is 2.07. The maximum absolute atomic E-state index is 9.08. The number of hydrogen-bond donors (Lipinski definition) is 4. The topological polar surface area (TPSA) is 72.7 Å². The lowest BCUT2D eigenvalue weighted by Crippen LogP contribution is -2.50. The largest absolute Gasteiger partial charge is 0.395 e. The minimum Gasteiger partial charge on any atom is -0.395 e. The molecule has 60 valence electrons. The van der Waals surface area contributed by atoms with Crippen molar-refractivity contribution in [2.75, 3.05) is 13.2 Å². The van der Waals surface area contributed by atoms with Crippen molar-refractivity contribution < 1.29 is 15.3 Å². The van der Waals surface area contributed by atoms with Gasteiger partial charge in [0.2, 0.25) is 0 Å². The van der Waals surface area contributed by atoms with Crippen LogP contribution in [0.1, 0.15) is 6.42 Å². The van der Waals surface area contributed by atoms with E-state index in [1.807, 2.05) is 0 Å². The van der Waals surface area contributed by atoms with Crippen molar-refractivity contribution in [3.05, 3.63) is 0 Å². The van der Waals surface area contributed by atoms with Crippen LogP contribution >= 0.6 is 0 Å². The molecule has 0 aromatic carbocycles. The first-order chi connectivity index (χ1) is 4.74. The average Bonchev–Trinajstić information content (AvgIpc) is 1.95. The lowest BCUT2D eigenvalue weighted by atomic mass is 10.0. The number of rotatable bonds is 1. The molecule has 0 spiro atoms. The Morgan fingerprint density at radius 2 is 2.00 bits per heavy atom. The summed E-state index contributed by atoms with van der Waals surface area (Å²) in [6.07, 6.45) is -0.932. The van der Waals surface area contributed by atoms with E-state index in [1.54, 1.807) is 0 Å². The van der Waals surface area contributed by atoms with E-state index >= 15 is 0 Å². The van der Waals surface area contributed by atoms with Crippen molar-refractivity contribution in [1.29, 1.82) is 0 Å². The van der Waals surface area contributed by atoms with Gasteiger partial charge in [-0.1, -0.05) is 0 Å². The number of hydrogen-bond acceptors (Lipinski definition) is 4. The normalized spacial score (nSPS) is 41.7. The first-order valence-corrected chi connectivity index (χ1v) is 3.44. The summed E-state index contributed by atoms with van der Waals surface area (Å²) >= 11 is 0. The molecule has 0 unspecified atom stereocenters. The molecular formula is C6H13NO3. The molecule has 4 N–H and O–H groups in total. The molecule has 1 saturated heterocycles. The van der Waals surface area contributed by atoms with Gasteiger partial charge in [-0.2, -0.15) is 0 Å². The van der Waals surface area contributed by atoms with Gasteiger partial charge in [0, 0.05) is 12.6 Å². The summed E-state index contributed by atoms with van der Waals surface area (Å²) in [5, 5.41) is 29.6. The van der Waals surface area contributed by atoms with Crippen molar-refractivity contribution in [3.63, 3.8) is 0 Å². The highest BCUT2D eigenvalue weighted by molar-refractivity contribution is 4.83. The molecule has 0 bridgehead atoms. The molecule has 4 heteroatoms. The van der Waals surface area contributed by atoms with Crippen LogP contribution in [0.5, 0.6) is 0 Å². The lowest BCUT2D eigenvalue weighted by Gasteiger charge is -2.29. The van der Waals surface area contributed by atoms with Crippen molar-refractivity contribution in [3.8, 4) is 0 Å². The first kappa shape index (κ1) is 7.94. The zero-order valence-corrected chi connectivity index (χ0v) is 5.70. The highest BCUT2D eigenvalue weighted by atomic mass is 16.3. The predicted octanol–water partition coefficient (Wildman–Crippen LogP) is -1.94. The van der Waals surface area contributed by atoms with Crippen molar-refractivity contribution in [2.45, 2.75) is 24.7 Å². The third kappa shape index (κ3) is 1.67. The SMILES string of the molecule is OC[C@@H]1C[C@@H](O)[C@H](O)CN1. The maximum Gasteiger partial charge on any atom is 0.0923 e. The fourth-order valence-electron chi connectivity index (χ4n) is 1.09. The number of piperidine rings is 1. The molecule has 1 heterocycles. The molecule has 4 nitrogen and oxygen atoms in total. The van der Waals surface area contributed by atoms with Gasteiger partial charge >= 0.3 is 0 Å². The maximum atomic E-state index is 9.08. The molecule has 1 fully saturated rings. The third-order valence-electron chi connectivity index (χ3n) is 1.81. The van der Waals surface area contributed by atoms with Crippen LogP contribution in [0.25, 0.3) is 0 Å². The van der Waals surface area contributed by atoms with Gasteiger partial charge in [-0.05, 0) is 6.42 Å². The predicted molar refractivity (Wildman–Crippen MR) is 35.5 cm³/mol. The number of nitrogens with one attached hydrogen (secondary N) is 1. The zero-order valence-electron chi connectivity index (χ0n) is 5.70. The van der Waals surface area contributed by atoms with E-state index in [4.69, 9.17) is 15.3 Å². The van der Waals surface area contributed by atoms with E-state index < -0.39 is 12.2 Å². The molecule has 1 aliphatic rings. The third-order valence-corrected chi connectivity index (χ3v) is 1.81. The summed E-state index contributed by atoms with van der Waals surface area (Å²) in [6, 6.07) is -0.0570. The molecule has 3 atom stereocenters. The Labute approximate surface area is 59.5 Å². The van der Waals surface area contributed by atoms with Gasteiger partial charge in [0.15, 0.2) is 0 Å². The molecule has 1 aliphatic heterocycles. The summed E-state index contributed by atoms with van der Waals surface area (Å²) in [4.78, 5) is 0. The second-order valence-electron chi connectivity index (χ2n) is 2.66. The first-order valence-electron chi connectivity index (χ1n) is 3.44. The zero-order chi connectivity index (χ0) is 7.56. The minimum atomic E-state index is -0.682. The quantitative estimate of drug-likeness (QED) is 0.348. The molecule has 0 saturated carbocycles. The van der Waals surface area contributed by atoms with Crippen LogP contribution in [0.2, 0.25) is 0 Å². The van der Waals surface area contributed by atoms with Crippen LogP contribution in [-0.4, -0.2) is 46.7 Å². The van der Waals surface area contributed by atoms with Gasteiger partial charge in [0.1, 0.15) is 0 Å². The standard InChI is InChI=1S/C6H13NO3/c8-3-4-1-5(9)6(10)2-7-4/h4-10H,1-3H2/t4-,5+,6+/m0/s1. The van der Waals surface area contributed by atoms with E-state index in [-0.39, 0.29) is 12.6 Å². The van der Waals surface area contributed by atoms with Gasteiger partial charge in [0.25, 0.3) is 0 Å². The lowest BCUT2D eigenvalue weighted by molar-refractivity contribution is -0.0185. The Morgan fingerprint density at radius 3 is 2.50 bits per heavy atom. The summed E-state index contributed by atoms with van der Waals surface area (Å²) < 4.78 is 0. The highest BCUT2D eigenvalue weighted by Gasteiger charge is 2.25. The molecule has 0 amide bonds. The molecule has 1 rings (SSSR count). The fraction of sp³-hybridized carbons (Fsp3) is 1.00. The van der Waals surface area contributed by atoms with E-state index in [1.165, 1.54) is 0 Å². The Hall–Kier alpha value is -0.160. The van der Waals surface area contributed by atoms with Gasteiger partial charge in [-0.25, -0.2) is 0 Å². The molecule has 0 aromatic heterocycles. The van der Waals surface area contributed by atoms with Gasteiger partial charge in [0.05, 0.1) is 18.8 Å². The van der Waals surface area contributed by atoms with Crippen LogP contribution in [0.3, 0.4) is 0 Å². The Bertz CT molecular complexity index is 109. The minimum absolute atomic E-state index is 0.0176. The van der Waals surface area contributed by atoms with E-state index in [0.717, 1.165) is 0 Å². The summed E-state index contributed by atoms with van der Waals surface area (Å²) in [5.74, 6) is 0. The second-order valence-corrected chi connectivity index (χ2v) is 2.66. The molecular weight excluding hydrogens is 134 g/mol. The van der Waals surface area contributed by atoms with E-state index in [0.29, 0.717) is 13.0 Å². The van der Waals surface area contributed by atoms with E-state index in [2.05, 4.69) is 5.32 Å². The monoisotopic (exact) mass is 147 g/mol. The molecule has 0 aliphatic carbocycles. The summed E-state index contributed by atoms with van der Waals surface area (Å²) in [7, 11) is 0.